The lowest BCUT2D eigenvalue weighted by molar-refractivity contribution is 0.0755. The van der Waals surface area contributed by atoms with Gasteiger partial charge in [-0.3, -0.25) is 0 Å². The van der Waals surface area contributed by atoms with E-state index in [0.717, 1.165) is 11.0 Å². The summed E-state index contributed by atoms with van der Waals surface area (Å²) >= 11 is 3.27. The Bertz CT molecular complexity index is 329. The Morgan fingerprint density at radius 1 is 1.64 bits per heavy atom. The monoisotopic (exact) mass is 260 g/mol. The maximum absolute atomic E-state index is 13.3. The summed E-state index contributed by atoms with van der Waals surface area (Å²) in [7, 11) is 0. The third-order valence-corrected chi connectivity index (χ3v) is 2.56. The minimum absolute atomic E-state index is 0.0891. The first-order valence-corrected chi connectivity index (χ1v) is 5.19. The summed E-state index contributed by atoms with van der Waals surface area (Å²) in [4.78, 5) is 3.64. The molecule has 76 valence electrons. The second kappa shape index (κ2) is 4.33. The molecule has 1 aromatic rings. The number of morpholine rings is 1. The minimum atomic E-state index is -0.434. The van der Waals surface area contributed by atoms with E-state index in [-0.39, 0.29) is 6.04 Å². The van der Waals surface area contributed by atoms with Gasteiger partial charge in [0.1, 0.15) is 0 Å². The van der Waals surface area contributed by atoms with Crippen molar-refractivity contribution < 1.29 is 9.13 Å². The van der Waals surface area contributed by atoms with Crippen molar-refractivity contribution in [1.29, 1.82) is 0 Å². The number of nitrogens with zero attached hydrogens (tertiary/aromatic N) is 1. The SMILES string of the molecule is Fc1ncc(Br)cc1[C@H]1COCCN1. The first-order chi connectivity index (χ1) is 6.77. The quantitative estimate of drug-likeness (QED) is 0.780. The van der Waals surface area contributed by atoms with Crippen LogP contribution in [0.3, 0.4) is 0 Å². The number of ether oxygens (including phenoxy) is 1. The molecule has 2 heterocycles. The molecule has 1 aromatic heterocycles. The van der Waals surface area contributed by atoms with E-state index in [1.165, 1.54) is 6.20 Å². The van der Waals surface area contributed by atoms with Gasteiger partial charge in [-0.1, -0.05) is 0 Å². The largest absolute Gasteiger partial charge is 0.378 e. The highest BCUT2D eigenvalue weighted by atomic mass is 79.9. The van der Waals surface area contributed by atoms with Crippen molar-refractivity contribution >= 4 is 15.9 Å². The van der Waals surface area contributed by atoms with Gasteiger partial charge >= 0.3 is 0 Å². The molecule has 0 aliphatic carbocycles. The Morgan fingerprint density at radius 3 is 3.21 bits per heavy atom. The molecule has 1 saturated heterocycles. The summed E-state index contributed by atoms with van der Waals surface area (Å²) in [5.41, 5.74) is 0.555. The molecule has 0 unspecified atom stereocenters. The molecule has 0 bridgehead atoms. The van der Waals surface area contributed by atoms with Gasteiger partial charge < -0.3 is 10.1 Å². The third kappa shape index (κ3) is 2.10. The Hall–Kier alpha value is -0.520. The first-order valence-electron chi connectivity index (χ1n) is 4.39. The number of rotatable bonds is 1. The fraction of sp³-hybridized carbons (Fsp3) is 0.444. The van der Waals surface area contributed by atoms with E-state index in [4.69, 9.17) is 4.74 Å². The van der Waals surface area contributed by atoms with Gasteiger partial charge in [0, 0.05) is 22.8 Å². The Kier molecular flexibility index (Phi) is 3.10. The van der Waals surface area contributed by atoms with Crippen LogP contribution in [0.4, 0.5) is 4.39 Å². The van der Waals surface area contributed by atoms with Gasteiger partial charge in [-0.15, -0.1) is 0 Å². The van der Waals surface area contributed by atoms with Crippen molar-refractivity contribution in [3.8, 4) is 0 Å². The average molecular weight is 261 g/mol. The lowest BCUT2D eigenvalue weighted by Crippen LogP contribution is -2.35. The lowest BCUT2D eigenvalue weighted by Gasteiger charge is -2.24. The maximum Gasteiger partial charge on any atom is 0.217 e. The highest BCUT2D eigenvalue weighted by Crippen LogP contribution is 2.21. The molecule has 0 aromatic carbocycles. The highest BCUT2D eigenvalue weighted by Gasteiger charge is 2.19. The summed E-state index contributed by atoms with van der Waals surface area (Å²) in [6, 6.07) is 1.64. The number of nitrogens with one attached hydrogen (secondary N) is 1. The molecule has 1 atom stereocenters. The van der Waals surface area contributed by atoms with Crippen LogP contribution in [0.1, 0.15) is 11.6 Å². The molecule has 0 amide bonds. The van der Waals surface area contributed by atoms with E-state index in [1.807, 2.05) is 0 Å². The molecular formula is C9H10BrFN2O. The maximum atomic E-state index is 13.3. The molecule has 0 spiro atoms. The smallest absolute Gasteiger partial charge is 0.217 e. The number of aromatic nitrogens is 1. The van der Waals surface area contributed by atoms with Crippen molar-refractivity contribution in [2.45, 2.75) is 6.04 Å². The van der Waals surface area contributed by atoms with Gasteiger partial charge in [0.25, 0.3) is 0 Å². The standard InChI is InChI=1S/C9H10BrFN2O/c10-6-3-7(9(11)13-4-6)8-5-14-2-1-12-8/h3-4,8,12H,1-2,5H2/t8-/m1/s1. The van der Waals surface area contributed by atoms with Crippen molar-refractivity contribution in [3.63, 3.8) is 0 Å². The van der Waals surface area contributed by atoms with Crippen LogP contribution in [0.2, 0.25) is 0 Å². The van der Waals surface area contributed by atoms with E-state index in [1.54, 1.807) is 6.07 Å². The molecule has 1 aliphatic rings. The van der Waals surface area contributed by atoms with Crippen molar-refractivity contribution in [2.24, 2.45) is 0 Å². The molecule has 2 rings (SSSR count). The van der Waals surface area contributed by atoms with E-state index in [2.05, 4.69) is 26.2 Å². The third-order valence-electron chi connectivity index (χ3n) is 2.13. The fourth-order valence-electron chi connectivity index (χ4n) is 1.45. The molecular weight excluding hydrogens is 251 g/mol. The van der Waals surface area contributed by atoms with E-state index in [9.17, 15) is 4.39 Å². The summed E-state index contributed by atoms with van der Waals surface area (Å²) in [5.74, 6) is -0.434. The van der Waals surface area contributed by atoms with Gasteiger partial charge in [0.05, 0.1) is 19.3 Å². The van der Waals surface area contributed by atoms with Gasteiger partial charge in [-0.2, -0.15) is 4.39 Å². The number of pyridine rings is 1. The second-order valence-electron chi connectivity index (χ2n) is 3.12. The summed E-state index contributed by atoms with van der Waals surface area (Å²) in [5, 5.41) is 3.18. The van der Waals surface area contributed by atoms with Gasteiger partial charge in [0.2, 0.25) is 5.95 Å². The molecule has 1 N–H and O–H groups in total. The van der Waals surface area contributed by atoms with Crippen LogP contribution in [0, 0.1) is 5.95 Å². The first kappa shape index (κ1) is 10.0. The molecule has 0 radical (unpaired) electrons. The van der Waals surface area contributed by atoms with Crippen LogP contribution in [-0.4, -0.2) is 24.7 Å². The number of hydrogen-bond acceptors (Lipinski definition) is 3. The molecule has 5 heteroatoms. The zero-order valence-electron chi connectivity index (χ0n) is 7.46. The Morgan fingerprint density at radius 2 is 2.50 bits per heavy atom. The lowest BCUT2D eigenvalue weighted by atomic mass is 10.1. The predicted octanol–water partition coefficient (Wildman–Crippen LogP) is 1.64. The Labute approximate surface area is 89.8 Å². The predicted molar refractivity (Wildman–Crippen MR) is 53.5 cm³/mol. The van der Waals surface area contributed by atoms with Crippen molar-refractivity contribution in [1.82, 2.24) is 10.3 Å². The van der Waals surface area contributed by atoms with Crippen molar-refractivity contribution in [2.75, 3.05) is 19.8 Å². The topological polar surface area (TPSA) is 34.1 Å². The number of hydrogen-bond donors (Lipinski definition) is 1. The van der Waals surface area contributed by atoms with Crippen LogP contribution in [-0.2, 0) is 4.74 Å². The van der Waals surface area contributed by atoms with Crippen LogP contribution < -0.4 is 5.32 Å². The van der Waals surface area contributed by atoms with E-state index >= 15 is 0 Å². The minimum Gasteiger partial charge on any atom is -0.378 e. The van der Waals surface area contributed by atoms with Crippen LogP contribution in [0.15, 0.2) is 16.7 Å². The summed E-state index contributed by atoms with van der Waals surface area (Å²) in [6.45, 7) is 1.92. The summed E-state index contributed by atoms with van der Waals surface area (Å²) < 4.78 is 19.4. The van der Waals surface area contributed by atoms with Crippen LogP contribution in [0.25, 0.3) is 0 Å². The fourth-order valence-corrected chi connectivity index (χ4v) is 1.80. The molecule has 3 nitrogen and oxygen atoms in total. The van der Waals surface area contributed by atoms with Gasteiger partial charge in [-0.05, 0) is 22.0 Å². The summed E-state index contributed by atoms with van der Waals surface area (Å²) in [6.07, 6.45) is 1.45. The molecule has 14 heavy (non-hydrogen) atoms. The van der Waals surface area contributed by atoms with E-state index in [0.29, 0.717) is 18.8 Å². The highest BCUT2D eigenvalue weighted by molar-refractivity contribution is 9.10. The average Bonchev–Trinajstić information content (AvgIpc) is 2.23. The zero-order chi connectivity index (χ0) is 9.97. The number of halogens is 2. The van der Waals surface area contributed by atoms with E-state index < -0.39 is 5.95 Å². The van der Waals surface area contributed by atoms with Gasteiger partial charge in [-0.25, -0.2) is 4.98 Å². The van der Waals surface area contributed by atoms with Crippen LogP contribution in [0.5, 0.6) is 0 Å². The molecule has 1 aliphatic heterocycles. The molecule has 1 fully saturated rings. The molecule has 0 saturated carbocycles. The second-order valence-corrected chi connectivity index (χ2v) is 4.03. The zero-order valence-corrected chi connectivity index (χ0v) is 9.05. The van der Waals surface area contributed by atoms with Crippen LogP contribution >= 0.6 is 15.9 Å². The van der Waals surface area contributed by atoms with Crippen molar-refractivity contribution in [3.05, 3.63) is 28.2 Å². The normalized spacial score (nSPS) is 22.3. The Balaban J connectivity index is 2.24. The van der Waals surface area contributed by atoms with Gasteiger partial charge in [0.15, 0.2) is 0 Å².